The second-order valence-corrected chi connectivity index (χ2v) is 5.54. The smallest absolute Gasteiger partial charge is 0.123 e. The van der Waals surface area contributed by atoms with Gasteiger partial charge in [0.2, 0.25) is 0 Å². The van der Waals surface area contributed by atoms with Crippen LogP contribution in [0, 0.1) is 5.82 Å². The van der Waals surface area contributed by atoms with Crippen molar-refractivity contribution in [1.82, 2.24) is 5.32 Å². The van der Waals surface area contributed by atoms with Gasteiger partial charge >= 0.3 is 0 Å². The summed E-state index contributed by atoms with van der Waals surface area (Å²) in [4.78, 5) is 0. The molecule has 21 heavy (non-hydrogen) atoms. The number of hydrogen-bond donors (Lipinski definition) is 1. The Kier molecular flexibility index (Phi) is 3.93. The molecule has 0 fully saturated rings. The largest absolute Gasteiger partial charge is 0.490 e. The lowest BCUT2D eigenvalue weighted by molar-refractivity contribution is 0.254. The van der Waals surface area contributed by atoms with Gasteiger partial charge in [0.1, 0.15) is 17.7 Å². The summed E-state index contributed by atoms with van der Waals surface area (Å²) < 4.78 is 19.3. The van der Waals surface area contributed by atoms with Crippen molar-refractivity contribution in [2.24, 2.45) is 0 Å². The molecule has 0 saturated heterocycles. The molecule has 3 rings (SSSR count). The maximum Gasteiger partial charge on any atom is 0.123 e. The Hall–Kier alpha value is -1.87. The van der Waals surface area contributed by atoms with Gasteiger partial charge in [-0.25, -0.2) is 4.39 Å². The first-order valence-corrected chi connectivity index (χ1v) is 7.46. The Morgan fingerprint density at radius 2 is 2.10 bits per heavy atom. The van der Waals surface area contributed by atoms with Crippen LogP contribution in [0.5, 0.6) is 5.75 Å². The van der Waals surface area contributed by atoms with Gasteiger partial charge in [-0.15, -0.1) is 0 Å². The molecule has 2 aromatic carbocycles. The highest BCUT2D eigenvalue weighted by Gasteiger charge is 2.19. The Morgan fingerprint density at radius 1 is 1.24 bits per heavy atom. The summed E-state index contributed by atoms with van der Waals surface area (Å²) in [6, 6.07) is 11.3. The molecule has 0 amide bonds. The standard InChI is InChI=1S/C18H20FNO/c1-3-20-11-15-10-16(19)5-6-17(15)13-4-7-18-14(9-13)8-12(2)21-18/h4-7,9-10,12,20H,3,8,11H2,1-2H3. The zero-order chi connectivity index (χ0) is 14.8. The maximum atomic E-state index is 13.5. The van der Waals surface area contributed by atoms with Gasteiger partial charge in [0.15, 0.2) is 0 Å². The van der Waals surface area contributed by atoms with Crippen LogP contribution in [-0.4, -0.2) is 12.6 Å². The van der Waals surface area contributed by atoms with Crippen LogP contribution in [-0.2, 0) is 13.0 Å². The SMILES string of the molecule is CCNCc1cc(F)ccc1-c1ccc2c(c1)CC(C)O2. The molecule has 3 heteroatoms. The minimum absolute atomic E-state index is 0.190. The first kappa shape index (κ1) is 14.1. The second kappa shape index (κ2) is 5.86. The second-order valence-electron chi connectivity index (χ2n) is 5.54. The average molecular weight is 285 g/mol. The molecule has 0 saturated carbocycles. The topological polar surface area (TPSA) is 21.3 Å². The molecule has 2 nitrogen and oxygen atoms in total. The fraction of sp³-hybridized carbons (Fsp3) is 0.333. The summed E-state index contributed by atoms with van der Waals surface area (Å²) in [6.07, 6.45) is 1.18. The lowest BCUT2D eigenvalue weighted by Gasteiger charge is -2.11. The molecule has 1 unspecified atom stereocenters. The third-order valence-electron chi connectivity index (χ3n) is 3.84. The lowest BCUT2D eigenvalue weighted by atomic mass is 9.96. The van der Waals surface area contributed by atoms with Crippen LogP contribution in [0.1, 0.15) is 25.0 Å². The molecule has 1 aliphatic heterocycles. The van der Waals surface area contributed by atoms with Crippen molar-refractivity contribution in [3.05, 3.63) is 53.3 Å². The number of rotatable bonds is 4. The van der Waals surface area contributed by atoms with E-state index in [0.29, 0.717) is 6.54 Å². The molecule has 1 atom stereocenters. The number of fused-ring (bicyclic) bond motifs is 1. The van der Waals surface area contributed by atoms with Gasteiger partial charge in [0.25, 0.3) is 0 Å². The number of hydrogen-bond acceptors (Lipinski definition) is 2. The number of benzene rings is 2. The minimum atomic E-state index is -0.190. The van der Waals surface area contributed by atoms with Crippen LogP contribution in [0.3, 0.4) is 0 Å². The molecule has 1 N–H and O–H groups in total. The highest BCUT2D eigenvalue weighted by molar-refractivity contribution is 5.69. The van der Waals surface area contributed by atoms with Gasteiger partial charge in [-0.1, -0.05) is 19.1 Å². The van der Waals surface area contributed by atoms with Crippen molar-refractivity contribution in [1.29, 1.82) is 0 Å². The van der Waals surface area contributed by atoms with Crippen LogP contribution in [0.2, 0.25) is 0 Å². The van der Waals surface area contributed by atoms with Crippen LogP contribution in [0.4, 0.5) is 4.39 Å². The third-order valence-corrected chi connectivity index (χ3v) is 3.84. The van der Waals surface area contributed by atoms with Crippen molar-refractivity contribution < 1.29 is 9.13 Å². The Bertz CT molecular complexity index is 654. The predicted octanol–water partition coefficient (Wildman–Crippen LogP) is 3.93. The summed E-state index contributed by atoms with van der Waals surface area (Å²) in [5, 5.41) is 3.27. The van der Waals surface area contributed by atoms with E-state index in [4.69, 9.17) is 4.74 Å². The van der Waals surface area contributed by atoms with Gasteiger partial charge in [-0.3, -0.25) is 0 Å². The van der Waals surface area contributed by atoms with Crippen molar-refractivity contribution >= 4 is 0 Å². The molecule has 0 aliphatic carbocycles. The Balaban J connectivity index is 1.98. The fourth-order valence-electron chi connectivity index (χ4n) is 2.84. The molecule has 0 spiro atoms. The molecule has 0 aromatic heterocycles. The number of nitrogens with one attached hydrogen (secondary N) is 1. The molecule has 110 valence electrons. The number of ether oxygens (including phenoxy) is 1. The minimum Gasteiger partial charge on any atom is -0.490 e. The van der Waals surface area contributed by atoms with Gasteiger partial charge < -0.3 is 10.1 Å². The first-order chi connectivity index (χ1) is 10.2. The molecule has 1 heterocycles. The third kappa shape index (κ3) is 2.93. The van der Waals surface area contributed by atoms with Crippen molar-refractivity contribution in [2.75, 3.05) is 6.54 Å². The normalized spacial score (nSPS) is 16.6. The van der Waals surface area contributed by atoms with Crippen LogP contribution >= 0.6 is 0 Å². The maximum absolute atomic E-state index is 13.5. The van der Waals surface area contributed by atoms with Crippen LogP contribution < -0.4 is 10.1 Å². The number of halogens is 1. The van der Waals surface area contributed by atoms with E-state index in [-0.39, 0.29) is 11.9 Å². The fourth-order valence-corrected chi connectivity index (χ4v) is 2.84. The van der Waals surface area contributed by atoms with E-state index in [2.05, 4.69) is 24.4 Å². The van der Waals surface area contributed by atoms with Gasteiger partial charge in [-0.2, -0.15) is 0 Å². The van der Waals surface area contributed by atoms with Crippen molar-refractivity contribution in [3.8, 4) is 16.9 Å². The van der Waals surface area contributed by atoms with E-state index in [1.807, 2.05) is 19.1 Å². The van der Waals surface area contributed by atoms with Crippen molar-refractivity contribution in [3.63, 3.8) is 0 Å². The zero-order valence-electron chi connectivity index (χ0n) is 12.4. The van der Waals surface area contributed by atoms with Crippen LogP contribution in [0.15, 0.2) is 36.4 Å². The average Bonchev–Trinajstić information content (AvgIpc) is 2.84. The van der Waals surface area contributed by atoms with Crippen molar-refractivity contribution in [2.45, 2.75) is 32.9 Å². The summed E-state index contributed by atoms with van der Waals surface area (Å²) in [7, 11) is 0. The molecule has 2 aromatic rings. The summed E-state index contributed by atoms with van der Waals surface area (Å²) in [5.41, 5.74) is 4.43. The van der Waals surface area contributed by atoms with E-state index >= 15 is 0 Å². The summed E-state index contributed by atoms with van der Waals surface area (Å²) in [6.45, 7) is 5.67. The van der Waals surface area contributed by atoms with E-state index in [1.54, 1.807) is 6.07 Å². The predicted molar refractivity (Wildman–Crippen MR) is 83.0 cm³/mol. The van der Waals surface area contributed by atoms with Gasteiger partial charge in [0, 0.05) is 13.0 Å². The molecular formula is C18H20FNO. The van der Waals surface area contributed by atoms with Gasteiger partial charge in [0.05, 0.1) is 0 Å². The summed E-state index contributed by atoms with van der Waals surface area (Å²) in [5.74, 6) is 0.784. The highest BCUT2D eigenvalue weighted by atomic mass is 19.1. The Labute approximate surface area is 125 Å². The van der Waals surface area contributed by atoms with E-state index < -0.39 is 0 Å². The molecule has 0 bridgehead atoms. The first-order valence-electron chi connectivity index (χ1n) is 7.46. The monoisotopic (exact) mass is 285 g/mol. The Morgan fingerprint density at radius 3 is 2.90 bits per heavy atom. The lowest BCUT2D eigenvalue weighted by Crippen LogP contribution is -2.12. The highest BCUT2D eigenvalue weighted by Crippen LogP contribution is 2.34. The molecule has 0 radical (unpaired) electrons. The molecule has 1 aliphatic rings. The summed E-state index contributed by atoms with van der Waals surface area (Å²) >= 11 is 0. The molecular weight excluding hydrogens is 265 g/mol. The quantitative estimate of drug-likeness (QED) is 0.919. The van der Waals surface area contributed by atoms with Crippen LogP contribution in [0.25, 0.3) is 11.1 Å². The van der Waals surface area contributed by atoms with Gasteiger partial charge in [-0.05, 0) is 60.0 Å². The van der Waals surface area contributed by atoms with E-state index in [1.165, 1.54) is 11.6 Å². The van der Waals surface area contributed by atoms with E-state index in [0.717, 1.165) is 35.4 Å². The van der Waals surface area contributed by atoms with E-state index in [9.17, 15) is 4.39 Å². The zero-order valence-corrected chi connectivity index (χ0v) is 12.4.